The van der Waals surface area contributed by atoms with Gasteiger partial charge in [0, 0.05) is 25.2 Å². The Bertz CT molecular complexity index is 1370. The number of esters is 1. The number of ether oxygens (including phenoxy) is 3. The Labute approximate surface area is 261 Å². The van der Waals surface area contributed by atoms with Crippen LogP contribution < -0.4 is 5.32 Å². The maximum Gasteiger partial charge on any atom is 0.411 e. The van der Waals surface area contributed by atoms with Crippen LogP contribution in [0.15, 0.2) is 78.9 Å². The summed E-state index contributed by atoms with van der Waals surface area (Å²) in [7, 11) is 0. The molecule has 234 valence electrons. The third-order valence-electron chi connectivity index (χ3n) is 8.42. The van der Waals surface area contributed by atoms with E-state index in [1.54, 1.807) is 0 Å². The number of hydrogen-bond donors (Lipinski definition) is 1. The fourth-order valence-corrected chi connectivity index (χ4v) is 6.44. The van der Waals surface area contributed by atoms with Gasteiger partial charge in [0.1, 0.15) is 11.7 Å². The molecule has 1 N–H and O–H groups in total. The topological polar surface area (TPSA) is 77.1 Å². The first-order valence-electron chi connectivity index (χ1n) is 15.9. The van der Waals surface area contributed by atoms with Crippen LogP contribution in [0, 0.1) is 11.8 Å². The Morgan fingerprint density at radius 1 is 0.841 bits per heavy atom. The van der Waals surface area contributed by atoms with E-state index in [0.29, 0.717) is 25.0 Å². The second-order valence-electron chi connectivity index (χ2n) is 13.1. The molecule has 2 aliphatic rings. The van der Waals surface area contributed by atoms with Gasteiger partial charge in [-0.05, 0) is 81.0 Å². The van der Waals surface area contributed by atoms with Crippen LogP contribution in [0.1, 0.15) is 51.2 Å². The highest BCUT2D eigenvalue weighted by Gasteiger charge is 2.42. The summed E-state index contributed by atoms with van der Waals surface area (Å²) in [5.74, 6) is 0.932. The smallest absolute Gasteiger partial charge is 0.411 e. The van der Waals surface area contributed by atoms with Gasteiger partial charge < -0.3 is 19.1 Å². The first-order valence-corrected chi connectivity index (χ1v) is 15.9. The van der Waals surface area contributed by atoms with Crippen molar-refractivity contribution >= 4 is 17.7 Å². The van der Waals surface area contributed by atoms with Gasteiger partial charge >= 0.3 is 12.1 Å². The van der Waals surface area contributed by atoms with Crippen LogP contribution in [0.5, 0.6) is 0 Å². The van der Waals surface area contributed by atoms with Crippen molar-refractivity contribution in [3.63, 3.8) is 0 Å². The van der Waals surface area contributed by atoms with Crippen LogP contribution in [0.2, 0.25) is 0 Å². The lowest BCUT2D eigenvalue weighted by Crippen LogP contribution is -2.27. The van der Waals surface area contributed by atoms with E-state index < -0.39 is 5.60 Å². The number of likely N-dealkylation sites (tertiary alicyclic amines) is 1. The van der Waals surface area contributed by atoms with Crippen molar-refractivity contribution < 1.29 is 23.8 Å². The normalized spacial score (nSPS) is 19.8. The molecule has 0 aromatic heterocycles. The summed E-state index contributed by atoms with van der Waals surface area (Å²) in [6.07, 6.45) is 3.57. The van der Waals surface area contributed by atoms with Crippen molar-refractivity contribution in [3.8, 4) is 11.1 Å². The molecule has 3 aromatic rings. The van der Waals surface area contributed by atoms with Gasteiger partial charge in [0.25, 0.3) is 0 Å². The number of rotatable bonds is 12. The zero-order chi connectivity index (χ0) is 30.9. The van der Waals surface area contributed by atoms with Gasteiger partial charge in [-0.2, -0.15) is 0 Å². The molecule has 0 radical (unpaired) electrons. The van der Waals surface area contributed by atoms with Crippen LogP contribution >= 0.6 is 0 Å². The van der Waals surface area contributed by atoms with E-state index in [1.165, 1.54) is 11.1 Å². The zero-order valence-corrected chi connectivity index (χ0v) is 26.3. The molecule has 0 bridgehead atoms. The summed E-state index contributed by atoms with van der Waals surface area (Å²) in [4.78, 5) is 27.2. The molecular weight excluding hydrogens is 552 g/mol. The summed E-state index contributed by atoms with van der Waals surface area (Å²) >= 11 is 0. The SMILES string of the molecule is CC(C)(C)OC(=O)CCOCCc1cccc(CCN2CC3C[C@@H](OC(=O)Nc4ccccc4-c4ccccc4)C[C@@H]3C2)c1. The predicted molar refractivity (Wildman–Crippen MR) is 174 cm³/mol. The third kappa shape index (κ3) is 9.41. The molecule has 0 spiro atoms. The van der Waals surface area contributed by atoms with E-state index >= 15 is 0 Å². The second-order valence-corrected chi connectivity index (χ2v) is 13.1. The van der Waals surface area contributed by atoms with Crippen LogP contribution in [0.3, 0.4) is 0 Å². The third-order valence-corrected chi connectivity index (χ3v) is 8.42. The van der Waals surface area contributed by atoms with Crippen LogP contribution in [0.25, 0.3) is 11.1 Å². The molecule has 1 saturated heterocycles. The van der Waals surface area contributed by atoms with Gasteiger partial charge in [0.15, 0.2) is 0 Å². The quantitative estimate of drug-likeness (QED) is 0.176. The fourth-order valence-electron chi connectivity index (χ4n) is 6.44. The molecule has 1 unspecified atom stereocenters. The molecule has 1 saturated carbocycles. The number of nitrogens with zero attached hydrogens (tertiary/aromatic N) is 1. The number of carbonyl (C=O) groups is 2. The Balaban J connectivity index is 0.999. The summed E-state index contributed by atoms with van der Waals surface area (Å²) in [5.41, 5.74) is 4.94. The van der Waals surface area contributed by atoms with Gasteiger partial charge in [-0.3, -0.25) is 10.1 Å². The molecule has 7 heteroatoms. The van der Waals surface area contributed by atoms with Gasteiger partial charge in [-0.25, -0.2) is 4.79 Å². The molecule has 5 rings (SSSR count). The highest BCUT2D eigenvalue weighted by molar-refractivity contribution is 5.91. The fraction of sp³-hybridized carbons (Fsp3) is 0.459. The Kier molecular flexibility index (Phi) is 10.7. The van der Waals surface area contributed by atoms with Crippen molar-refractivity contribution in [1.82, 2.24) is 4.90 Å². The monoisotopic (exact) mass is 598 g/mol. The van der Waals surface area contributed by atoms with Crippen LogP contribution in [-0.2, 0) is 31.8 Å². The van der Waals surface area contributed by atoms with Gasteiger partial charge in [-0.15, -0.1) is 0 Å². The summed E-state index contributed by atoms with van der Waals surface area (Å²) in [5, 5.41) is 2.99. The molecule has 44 heavy (non-hydrogen) atoms. The van der Waals surface area contributed by atoms with Crippen molar-refractivity contribution in [1.29, 1.82) is 0 Å². The molecule has 7 nitrogen and oxygen atoms in total. The minimum Gasteiger partial charge on any atom is -0.460 e. The summed E-state index contributed by atoms with van der Waals surface area (Å²) < 4.78 is 16.9. The molecular formula is C37H46N2O5. The Hall–Kier alpha value is -3.68. The number of benzene rings is 3. The van der Waals surface area contributed by atoms with Crippen molar-refractivity contribution in [3.05, 3.63) is 90.0 Å². The molecule has 1 heterocycles. The molecule has 3 atom stereocenters. The molecule has 3 aromatic carbocycles. The maximum absolute atomic E-state index is 12.8. The number of carbonyl (C=O) groups excluding carboxylic acids is 2. The van der Waals surface area contributed by atoms with Gasteiger partial charge in [0.2, 0.25) is 0 Å². The summed E-state index contributed by atoms with van der Waals surface area (Å²) in [6, 6.07) is 26.6. The molecule has 1 aliphatic carbocycles. The predicted octanol–water partition coefficient (Wildman–Crippen LogP) is 7.15. The largest absolute Gasteiger partial charge is 0.460 e. The zero-order valence-electron chi connectivity index (χ0n) is 26.3. The van der Waals surface area contributed by atoms with E-state index in [2.05, 4.69) is 34.5 Å². The number of fused-ring (bicyclic) bond motifs is 1. The maximum atomic E-state index is 12.8. The van der Waals surface area contributed by atoms with E-state index in [0.717, 1.165) is 62.1 Å². The summed E-state index contributed by atoms with van der Waals surface area (Å²) in [6.45, 7) is 9.74. The minimum atomic E-state index is -0.461. The van der Waals surface area contributed by atoms with Crippen LogP contribution in [-0.4, -0.2) is 61.5 Å². The van der Waals surface area contributed by atoms with Gasteiger partial charge in [-0.1, -0.05) is 72.8 Å². The minimum absolute atomic E-state index is 0.0286. The van der Waals surface area contributed by atoms with E-state index in [4.69, 9.17) is 14.2 Å². The second kappa shape index (κ2) is 14.9. The van der Waals surface area contributed by atoms with Crippen molar-refractivity contribution in [2.75, 3.05) is 38.2 Å². The average Bonchev–Trinajstić information content (AvgIpc) is 3.54. The first kappa shape index (κ1) is 31.7. The lowest BCUT2D eigenvalue weighted by atomic mass is 10.0. The lowest BCUT2D eigenvalue weighted by Gasteiger charge is -2.20. The number of anilines is 1. The van der Waals surface area contributed by atoms with E-state index in [1.807, 2.05) is 75.4 Å². The van der Waals surface area contributed by atoms with Crippen molar-refractivity contribution in [2.24, 2.45) is 11.8 Å². The molecule has 1 amide bonds. The standard InChI is InChI=1S/C37H46N2O5/c1-37(2,3)44-35(40)18-21-42-20-17-28-11-9-10-27(22-28)16-19-39-25-30-23-32(24-31(30)26-39)43-36(41)38-34-15-8-7-14-33(34)29-12-5-4-6-13-29/h4-15,22,30-32H,16-21,23-26H2,1-3H3,(H,38,41)/t30-,31?,32+/m1/s1. The van der Waals surface area contributed by atoms with E-state index in [-0.39, 0.29) is 24.6 Å². The number of para-hydroxylation sites is 1. The highest BCUT2D eigenvalue weighted by Crippen LogP contribution is 2.39. The average molecular weight is 599 g/mol. The lowest BCUT2D eigenvalue weighted by molar-refractivity contribution is -0.156. The van der Waals surface area contributed by atoms with Crippen molar-refractivity contribution in [2.45, 2.75) is 64.6 Å². The number of nitrogens with one attached hydrogen (secondary N) is 1. The number of hydrogen-bond acceptors (Lipinski definition) is 6. The van der Waals surface area contributed by atoms with Crippen LogP contribution in [0.4, 0.5) is 10.5 Å². The number of amides is 1. The molecule has 1 aliphatic heterocycles. The first-order chi connectivity index (χ1) is 21.2. The molecule has 2 fully saturated rings. The van der Waals surface area contributed by atoms with Gasteiger partial charge in [0.05, 0.1) is 25.3 Å². The highest BCUT2D eigenvalue weighted by atomic mass is 16.6. The Morgan fingerprint density at radius 2 is 1.52 bits per heavy atom. The van der Waals surface area contributed by atoms with E-state index in [9.17, 15) is 9.59 Å². The Morgan fingerprint density at radius 3 is 2.25 bits per heavy atom.